The first-order chi connectivity index (χ1) is 14.3. The molecule has 4 aromatic rings. The van der Waals surface area contributed by atoms with Crippen LogP contribution >= 0.6 is 37.5 Å². The van der Waals surface area contributed by atoms with E-state index in [4.69, 9.17) is 20.4 Å². The molecule has 0 atom stereocenters. The van der Waals surface area contributed by atoms with E-state index in [9.17, 15) is 0 Å². The van der Waals surface area contributed by atoms with Gasteiger partial charge in [0.1, 0.15) is 0 Å². The van der Waals surface area contributed by atoms with Crippen LogP contribution in [0.1, 0.15) is 0 Å². The molecular weight excluding hydrogens is 480 g/mol. The Kier molecular flexibility index (Phi) is 13.0. The van der Waals surface area contributed by atoms with Gasteiger partial charge in [-0.1, -0.05) is 138 Å². The van der Waals surface area contributed by atoms with E-state index < -0.39 is 0 Å². The minimum absolute atomic E-state index is 0.569. The minimum atomic E-state index is 0.569. The maximum Gasteiger partial charge on any atom is -0.0226 e. The molecule has 5 heteroatoms. The van der Waals surface area contributed by atoms with Crippen LogP contribution in [0.4, 0.5) is 0 Å². The SMILES string of the molecule is [Cl][Ni][Cl].c1ccc(Pc2ccccc2)cc1.c1ccc(Pc2ccccc2)cc1. The summed E-state index contributed by atoms with van der Waals surface area (Å²) in [6.45, 7) is 0. The monoisotopic (exact) mass is 500 g/mol. The van der Waals surface area contributed by atoms with Crippen molar-refractivity contribution in [3.8, 4) is 0 Å². The molecule has 0 unspecified atom stereocenters. The Labute approximate surface area is 192 Å². The molecule has 0 aliphatic heterocycles. The fraction of sp³-hybridized carbons (Fsp3) is 0. The van der Waals surface area contributed by atoms with Crippen LogP contribution < -0.4 is 21.2 Å². The molecule has 0 saturated carbocycles. The van der Waals surface area contributed by atoms with Crippen LogP contribution in [0.3, 0.4) is 0 Å². The number of benzene rings is 4. The first kappa shape index (κ1) is 24.1. The first-order valence-electron chi connectivity index (χ1n) is 8.88. The van der Waals surface area contributed by atoms with E-state index in [0.717, 1.165) is 17.2 Å². The van der Waals surface area contributed by atoms with Crippen molar-refractivity contribution in [3.05, 3.63) is 121 Å². The summed E-state index contributed by atoms with van der Waals surface area (Å²) >= 11 is 0.569. The van der Waals surface area contributed by atoms with Crippen LogP contribution in [0.25, 0.3) is 0 Å². The second kappa shape index (κ2) is 15.6. The average Bonchev–Trinajstić information content (AvgIpc) is 2.78. The van der Waals surface area contributed by atoms with Crippen LogP contribution in [0.2, 0.25) is 0 Å². The zero-order valence-electron chi connectivity index (χ0n) is 15.6. The molecule has 4 rings (SSSR count). The van der Waals surface area contributed by atoms with Gasteiger partial charge in [0.2, 0.25) is 0 Å². The van der Waals surface area contributed by atoms with E-state index in [0.29, 0.717) is 12.7 Å². The van der Waals surface area contributed by atoms with Gasteiger partial charge in [-0.3, -0.25) is 0 Å². The first-order valence-corrected chi connectivity index (χ1v) is 13.6. The van der Waals surface area contributed by atoms with Crippen molar-refractivity contribution in [1.29, 1.82) is 0 Å². The van der Waals surface area contributed by atoms with Gasteiger partial charge < -0.3 is 0 Å². The molecule has 4 aromatic carbocycles. The fourth-order valence-corrected chi connectivity index (χ4v) is 4.52. The Morgan fingerprint density at radius 1 is 0.379 bits per heavy atom. The van der Waals surface area contributed by atoms with Crippen molar-refractivity contribution >= 4 is 58.8 Å². The number of hydrogen-bond donors (Lipinski definition) is 0. The van der Waals surface area contributed by atoms with E-state index >= 15 is 0 Å². The molecule has 0 heterocycles. The van der Waals surface area contributed by atoms with Crippen molar-refractivity contribution in [1.82, 2.24) is 0 Å². The van der Waals surface area contributed by atoms with Gasteiger partial charge in [-0.2, -0.15) is 0 Å². The minimum Gasteiger partial charge on any atom is -0.0622 e. The zero-order valence-corrected chi connectivity index (χ0v) is 20.1. The van der Waals surface area contributed by atoms with E-state index in [-0.39, 0.29) is 0 Å². The number of hydrogen-bond acceptors (Lipinski definition) is 0. The number of halogens is 2. The summed E-state index contributed by atoms with van der Waals surface area (Å²) in [4.78, 5) is 0. The van der Waals surface area contributed by atoms with E-state index in [1.54, 1.807) is 0 Å². The van der Waals surface area contributed by atoms with E-state index in [1.807, 2.05) is 0 Å². The third-order valence-electron chi connectivity index (χ3n) is 3.67. The van der Waals surface area contributed by atoms with Crippen molar-refractivity contribution in [3.63, 3.8) is 0 Å². The van der Waals surface area contributed by atoms with Crippen molar-refractivity contribution in [2.24, 2.45) is 0 Å². The Morgan fingerprint density at radius 2 is 0.552 bits per heavy atom. The fourth-order valence-electron chi connectivity index (χ4n) is 2.42. The maximum absolute atomic E-state index is 4.70. The summed E-state index contributed by atoms with van der Waals surface area (Å²) < 4.78 is 0. The Balaban J connectivity index is 0.000000183. The summed E-state index contributed by atoms with van der Waals surface area (Å²) in [6, 6.07) is 42.3. The van der Waals surface area contributed by atoms with Gasteiger partial charge in [-0.05, 0) is 21.2 Å². The molecule has 0 fully saturated rings. The molecular formula is C24H22Cl2NiP2. The van der Waals surface area contributed by atoms with Crippen LogP contribution in [-0.2, 0) is 12.7 Å². The van der Waals surface area contributed by atoms with E-state index in [1.165, 1.54) is 21.2 Å². The molecule has 0 amide bonds. The smallest absolute Gasteiger partial charge is 0.0226 e. The molecule has 0 nitrogen and oxygen atoms in total. The molecule has 0 aromatic heterocycles. The van der Waals surface area contributed by atoms with Crippen molar-refractivity contribution < 1.29 is 12.7 Å². The Hall–Kier alpha value is -1.19. The third-order valence-corrected chi connectivity index (χ3v) is 6.16. The van der Waals surface area contributed by atoms with Gasteiger partial charge in [0.05, 0.1) is 0 Å². The standard InChI is InChI=1S/2C12H11P.2ClH.Ni/c2*1-3-7-11(8-4-1)13-12-9-5-2-6-10-12;;;/h2*1-10,13H;2*1H;/q;;;;+2/p-2. The molecule has 0 spiro atoms. The second-order valence-electron chi connectivity index (χ2n) is 5.76. The quantitative estimate of drug-likeness (QED) is 0.237. The van der Waals surface area contributed by atoms with Crippen LogP contribution in [-0.4, -0.2) is 0 Å². The summed E-state index contributed by atoms with van der Waals surface area (Å²) in [7, 11) is 11.0. The number of rotatable bonds is 4. The predicted molar refractivity (Wildman–Crippen MR) is 133 cm³/mol. The maximum atomic E-state index is 4.70. The van der Waals surface area contributed by atoms with Crippen LogP contribution in [0.5, 0.6) is 0 Å². The van der Waals surface area contributed by atoms with Gasteiger partial charge in [0.15, 0.2) is 0 Å². The summed E-state index contributed by atoms with van der Waals surface area (Å²) in [6.07, 6.45) is 0. The predicted octanol–water partition coefficient (Wildman–Crippen LogP) is 6.01. The van der Waals surface area contributed by atoms with Crippen LogP contribution in [0, 0.1) is 0 Å². The van der Waals surface area contributed by atoms with Crippen LogP contribution in [0.15, 0.2) is 121 Å². The normalized spacial score (nSPS) is 9.59. The second-order valence-corrected chi connectivity index (χ2v) is 10.2. The molecule has 0 aliphatic carbocycles. The van der Waals surface area contributed by atoms with Gasteiger partial charge >= 0.3 is 33.0 Å². The molecule has 0 bridgehead atoms. The molecule has 0 saturated heterocycles. The Morgan fingerprint density at radius 3 is 0.724 bits per heavy atom. The molecule has 0 N–H and O–H groups in total. The molecule has 0 aliphatic rings. The summed E-state index contributed by atoms with van der Waals surface area (Å²) in [5.41, 5.74) is 0. The third kappa shape index (κ3) is 11.0. The molecule has 0 radical (unpaired) electrons. The zero-order chi connectivity index (χ0) is 20.6. The summed E-state index contributed by atoms with van der Waals surface area (Å²) in [5, 5.41) is 5.59. The Bertz CT molecular complexity index is 741. The van der Waals surface area contributed by atoms with E-state index in [2.05, 4.69) is 121 Å². The van der Waals surface area contributed by atoms with Gasteiger partial charge in [0.25, 0.3) is 0 Å². The largest absolute Gasteiger partial charge is 0.0622 e. The van der Waals surface area contributed by atoms with Crippen molar-refractivity contribution in [2.45, 2.75) is 0 Å². The van der Waals surface area contributed by atoms with Gasteiger partial charge in [0, 0.05) is 0 Å². The topological polar surface area (TPSA) is 0 Å². The average molecular weight is 502 g/mol. The molecule has 152 valence electrons. The van der Waals surface area contributed by atoms with Gasteiger partial charge in [-0.25, -0.2) is 0 Å². The van der Waals surface area contributed by atoms with Crippen molar-refractivity contribution in [2.75, 3.05) is 0 Å². The summed E-state index contributed by atoms with van der Waals surface area (Å²) in [5.74, 6) is 0. The van der Waals surface area contributed by atoms with Gasteiger partial charge in [-0.15, -0.1) is 0 Å². The molecule has 29 heavy (non-hydrogen) atoms.